The molecule has 0 bridgehead atoms. The summed E-state index contributed by atoms with van der Waals surface area (Å²) in [7, 11) is 0. The van der Waals surface area contributed by atoms with E-state index in [0.717, 1.165) is 0 Å². The van der Waals surface area contributed by atoms with Crippen molar-refractivity contribution in [1.82, 2.24) is 0 Å². The van der Waals surface area contributed by atoms with Crippen molar-refractivity contribution in [1.29, 1.82) is 0 Å². The van der Waals surface area contributed by atoms with Gasteiger partial charge < -0.3 is 9.47 Å². The number of carbonyl (C=O) groups excluding carboxylic acids is 4. The zero-order valence-electron chi connectivity index (χ0n) is 5.66. The molecule has 0 saturated carbocycles. The number of carbonyl (C=O) groups is 4. The van der Waals surface area contributed by atoms with Crippen molar-refractivity contribution in [3.63, 3.8) is 0 Å². The van der Waals surface area contributed by atoms with E-state index in [4.69, 9.17) is 0 Å². The summed E-state index contributed by atoms with van der Waals surface area (Å²) in [6, 6.07) is 0. The van der Waals surface area contributed by atoms with Crippen LogP contribution in [0.2, 0.25) is 0 Å². The third-order valence-electron chi connectivity index (χ3n) is 1.86. The predicted molar refractivity (Wildman–Crippen MR) is 29.5 cm³/mol. The number of hydrogen-bond donors (Lipinski definition) is 0. The van der Waals surface area contributed by atoms with Gasteiger partial charge in [-0.15, -0.1) is 0 Å². The molecule has 12 heavy (non-hydrogen) atoms. The van der Waals surface area contributed by atoms with E-state index in [9.17, 15) is 19.2 Å². The average molecular weight is 170 g/mol. The summed E-state index contributed by atoms with van der Waals surface area (Å²) in [6.07, 6.45) is 0. The van der Waals surface area contributed by atoms with Crippen molar-refractivity contribution < 1.29 is 28.7 Å². The highest BCUT2D eigenvalue weighted by Gasteiger charge is 2.74. The second kappa shape index (κ2) is 1.71. The lowest BCUT2D eigenvalue weighted by atomic mass is 9.82. The SMILES string of the molecule is O=C1COC(=O)C12C(=O)OC2=O. The zero-order valence-corrected chi connectivity index (χ0v) is 5.66. The van der Waals surface area contributed by atoms with E-state index in [2.05, 4.69) is 9.47 Å². The van der Waals surface area contributed by atoms with Gasteiger partial charge in [0, 0.05) is 0 Å². The fourth-order valence-corrected chi connectivity index (χ4v) is 1.13. The van der Waals surface area contributed by atoms with E-state index in [1.165, 1.54) is 0 Å². The largest absolute Gasteiger partial charge is 0.456 e. The molecule has 0 amide bonds. The summed E-state index contributed by atoms with van der Waals surface area (Å²) in [5.41, 5.74) is -2.25. The molecule has 0 aromatic rings. The molecule has 2 saturated heterocycles. The molecule has 0 radical (unpaired) electrons. The first-order chi connectivity index (χ1) is 5.60. The minimum Gasteiger partial charge on any atom is -0.456 e. The summed E-state index contributed by atoms with van der Waals surface area (Å²) in [5, 5.41) is 0. The van der Waals surface area contributed by atoms with Crippen LogP contribution in [0.25, 0.3) is 0 Å². The topological polar surface area (TPSA) is 86.7 Å². The molecular formula is C6H2O6. The van der Waals surface area contributed by atoms with E-state index in [0.29, 0.717) is 0 Å². The Labute approximate surface area is 65.4 Å². The minimum absolute atomic E-state index is 0.528. The van der Waals surface area contributed by atoms with Crippen molar-refractivity contribution in [2.75, 3.05) is 6.61 Å². The standard InChI is InChI=1S/C6H2O6/c7-2-1-11-3(8)6(2)4(9)12-5(6)10/h1H2. The molecule has 6 heteroatoms. The Morgan fingerprint density at radius 1 is 1.00 bits per heavy atom. The quantitative estimate of drug-likeness (QED) is 0.314. The Hall–Kier alpha value is -1.72. The van der Waals surface area contributed by atoms with Crippen molar-refractivity contribution in [3.8, 4) is 0 Å². The molecule has 2 aliphatic rings. The van der Waals surface area contributed by atoms with Crippen LogP contribution in [0.5, 0.6) is 0 Å². The third-order valence-corrected chi connectivity index (χ3v) is 1.86. The van der Waals surface area contributed by atoms with E-state index in [1.54, 1.807) is 0 Å². The summed E-state index contributed by atoms with van der Waals surface area (Å²) in [5.74, 6) is -4.21. The lowest BCUT2D eigenvalue weighted by Gasteiger charge is -2.26. The van der Waals surface area contributed by atoms with Gasteiger partial charge in [0.05, 0.1) is 0 Å². The monoisotopic (exact) mass is 170 g/mol. The van der Waals surface area contributed by atoms with Crippen LogP contribution in [0.3, 0.4) is 0 Å². The predicted octanol–water partition coefficient (Wildman–Crippen LogP) is -1.82. The van der Waals surface area contributed by atoms with Crippen molar-refractivity contribution in [2.45, 2.75) is 0 Å². The van der Waals surface area contributed by atoms with Crippen molar-refractivity contribution in [3.05, 3.63) is 0 Å². The molecule has 6 nitrogen and oxygen atoms in total. The van der Waals surface area contributed by atoms with E-state index >= 15 is 0 Å². The zero-order chi connectivity index (χ0) is 8.93. The van der Waals surface area contributed by atoms with Crippen LogP contribution < -0.4 is 0 Å². The fourth-order valence-electron chi connectivity index (χ4n) is 1.13. The minimum atomic E-state index is -2.25. The number of Topliss-reactive ketones (excluding diaryl/α,β-unsaturated/α-hetero) is 1. The normalized spacial score (nSPS) is 25.3. The summed E-state index contributed by atoms with van der Waals surface area (Å²) in [4.78, 5) is 43.2. The van der Waals surface area contributed by atoms with E-state index in [-0.39, 0.29) is 0 Å². The van der Waals surface area contributed by atoms with Crippen molar-refractivity contribution in [2.24, 2.45) is 5.41 Å². The van der Waals surface area contributed by atoms with Gasteiger partial charge in [0.2, 0.25) is 5.78 Å². The highest BCUT2D eigenvalue weighted by molar-refractivity contribution is 6.43. The number of esters is 3. The van der Waals surface area contributed by atoms with Crippen LogP contribution in [0, 0.1) is 5.41 Å². The maximum atomic E-state index is 10.9. The van der Waals surface area contributed by atoms with Gasteiger partial charge >= 0.3 is 23.3 Å². The van der Waals surface area contributed by atoms with Crippen LogP contribution in [-0.4, -0.2) is 30.3 Å². The van der Waals surface area contributed by atoms with Crippen LogP contribution >= 0.6 is 0 Å². The number of cyclic esters (lactones) is 3. The second-order valence-corrected chi connectivity index (χ2v) is 2.43. The Kier molecular flexibility index (Phi) is 0.992. The number of ketones is 1. The molecule has 62 valence electrons. The van der Waals surface area contributed by atoms with Gasteiger partial charge in [-0.25, -0.2) is 14.4 Å². The average Bonchev–Trinajstić information content (AvgIpc) is 2.30. The fraction of sp³-hybridized carbons (Fsp3) is 0.333. The first kappa shape index (κ1) is 6.96. The highest BCUT2D eigenvalue weighted by Crippen LogP contribution is 2.37. The molecule has 2 fully saturated rings. The van der Waals surface area contributed by atoms with Crippen molar-refractivity contribution >= 4 is 23.7 Å². The Morgan fingerprint density at radius 3 is 1.83 bits per heavy atom. The van der Waals surface area contributed by atoms with Crippen LogP contribution in [0.15, 0.2) is 0 Å². The highest BCUT2D eigenvalue weighted by atomic mass is 16.6. The van der Waals surface area contributed by atoms with Gasteiger partial charge in [0.1, 0.15) is 0 Å². The van der Waals surface area contributed by atoms with Crippen LogP contribution in [0.1, 0.15) is 0 Å². The maximum absolute atomic E-state index is 10.9. The van der Waals surface area contributed by atoms with Gasteiger partial charge in [-0.05, 0) is 0 Å². The second-order valence-electron chi connectivity index (χ2n) is 2.43. The molecule has 0 N–H and O–H groups in total. The van der Waals surface area contributed by atoms with Gasteiger partial charge in [0.15, 0.2) is 6.61 Å². The van der Waals surface area contributed by atoms with Gasteiger partial charge in [-0.3, -0.25) is 4.79 Å². The first-order valence-electron chi connectivity index (χ1n) is 3.07. The third kappa shape index (κ3) is 0.448. The van der Waals surface area contributed by atoms with Crippen LogP contribution in [0.4, 0.5) is 0 Å². The summed E-state index contributed by atoms with van der Waals surface area (Å²) < 4.78 is 8.17. The van der Waals surface area contributed by atoms with E-state index in [1.807, 2.05) is 0 Å². The smallest absolute Gasteiger partial charge is 0.350 e. The summed E-state index contributed by atoms with van der Waals surface area (Å²) in [6.45, 7) is -0.528. The molecule has 0 aromatic carbocycles. The Balaban J connectivity index is 2.53. The number of rotatable bonds is 0. The van der Waals surface area contributed by atoms with Crippen LogP contribution in [-0.2, 0) is 28.7 Å². The molecule has 0 aliphatic carbocycles. The molecule has 0 atom stereocenters. The lowest BCUT2D eigenvalue weighted by Crippen LogP contribution is -2.60. The number of ether oxygens (including phenoxy) is 2. The molecular weight excluding hydrogens is 168 g/mol. The van der Waals surface area contributed by atoms with E-state index < -0.39 is 35.7 Å². The molecule has 0 aromatic heterocycles. The lowest BCUT2D eigenvalue weighted by molar-refractivity contribution is -0.197. The molecule has 0 unspecified atom stereocenters. The molecule has 2 heterocycles. The first-order valence-corrected chi connectivity index (χ1v) is 3.07. The van der Waals surface area contributed by atoms with Gasteiger partial charge in [-0.2, -0.15) is 0 Å². The molecule has 2 aliphatic heterocycles. The van der Waals surface area contributed by atoms with Gasteiger partial charge in [0.25, 0.3) is 0 Å². The number of hydrogen-bond acceptors (Lipinski definition) is 6. The Bertz CT molecular complexity index is 295. The summed E-state index contributed by atoms with van der Waals surface area (Å²) >= 11 is 0. The maximum Gasteiger partial charge on any atom is 0.350 e. The molecule has 2 rings (SSSR count). The molecule has 1 spiro atoms. The Morgan fingerprint density at radius 2 is 1.58 bits per heavy atom. The van der Waals surface area contributed by atoms with Gasteiger partial charge in [-0.1, -0.05) is 0 Å².